The summed E-state index contributed by atoms with van der Waals surface area (Å²) in [5, 5.41) is 21.4. The molecule has 2 aliphatic rings. The number of rotatable bonds is 2. The van der Waals surface area contributed by atoms with Crippen LogP contribution >= 0.6 is 0 Å². The topological polar surface area (TPSA) is 167 Å². The van der Waals surface area contributed by atoms with E-state index in [1.165, 1.54) is 24.3 Å². The molecule has 2 saturated heterocycles. The lowest BCUT2D eigenvalue weighted by molar-refractivity contribution is -0.126. The van der Waals surface area contributed by atoms with Crippen molar-refractivity contribution < 1.29 is 39.0 Å². The largest absolute Gasteiger partial charge is 0.478 e. The molecule has 3 rings (SSSR count). The van der Waals surface area contributed by atoms with Crippen LogP contribution in [0.1, 0.15) is 46.4 Å². The third-order valence-corrected chi connectivity index (χ3v) is 3.10. The van der Waals surface area contributed by atoms with Gasteiger partial charge in [-0.1, -0.05) is 12.1 Å². The number of benzene rings is 1. The van der Waals surface area contributed by atoms with Crippen molar-refractivity contribution in [3.05, 3.63) is 35.4 Å². The second-order valence-electron chi connectivity index (χ2n) is 5.10. The highest BCUT2D eigenvalue weighted by molar-refractivity contribution is 6.02. The highest BCUT2D eigenvalue weighted by Gasteiger charge is 2.16. The number of carbonyl (C=O) groups excluding carboxylic acids is 4. The maximum absolute atomic E-state index is 10.5. The Morgan fingerprint density at radius 2 is 0.923 bits per heavy atom. The lowest BCUT2D eigenvalue weighted by atomic mass is 10.1. The maximum Gasteiger partial charge on any atom is 0.336 e. The average molecular weight is 364 g/mol. The number of aromatic carboxylic acids is 2. The van der Waals surface area contributed by atoms with Gasteiger partial charge >= 0.3 is 11.9 Å². The number of hydrogen-bond acceptors (Lipinski definition) is 6. The van der Waals surface area contributed by atoms with Crippen molar-refractivity contribution in [2.75, 3.05) is 0 Å². The molecular formula is C16H16N2O8. The molecule has 0 radical (unpaired) electrons. The first kappa shape index (κ1) is 20.5. The monoisotopic (exact) mass is 364 g/mol. The second kappa shape index (κ2) is 9.67. The normalized spacial score (nSPS) is 15.1. The molecule has 1 aromatic rings. The molecule has 0 unspecified atom stereocenters. The third-order valence-electron chi connectivity index (χ3n) is 3.10. The zero-order valence-corrected chi connectivity index (χ0v) is 13.5. The van der Waals surface area contributed by atoms with Gasteiger partial charge in [0.15, 0.2) is 0 Å². The van der Waals surface area contributed by atoms with Crippen LogP contribution < -0.4 is 10.6 Å². The van der Waals surface area contributed by atoms with Crippen LogP contribution in [0.3, 0.4) is 0 Å². The van der Waals surface area contributed by atoms with Crippen molar-refractivity contribution in [2.45, 2.75) is 25.7 Å². The van der Waals surface area contributed by atoms with Gasteiger partial charge in [0.05, 0.1) is 11.1 Å². The lowest BCUT2D eigenvalue weighted by Crippen LogP contribution is -2.18. The standard InChI is InChI=1S/C8H6O4.2C4H5NO2/c9-7(10)5-3-1-2-4-6(5)8(11)12;2*6-3-1-2-4(7)5-3/h1-4H,(H,9,10)(H,11,12);2*1-2H2,(H,5,6,7). The molecule has 1 aromatic carbocycles. The summed E-state index contributed by atoms with van der Waals surface area (Å²) >= 11 is 0. The van der Waals surface area contributed by atoms with Crippen molar-refractivity contribution in [3.8, 4) is 0 Å². The molecule has 0 spiro atoms. The summed E-state index contributed by atoms with van der Waals surface area (Å²) in [6.45, 7) is 0. The summed E-state index contributed by atoms with van der Waals surface area (Å²) in [6, 6.07) is 5.48. The molecule has 10 nitrogen and oxygen atoms in total. The molecular weight excluding hydrogens is 348 g/mol. The maximum atomic E-state index is 10.5. The second-order valence-corrected chi connectivity index (χ2v) is 5.10. The van der Waals surface area contributed by atoms with Gasteiger partial charge in [-0.05, 0) is 12.1 Å². The quantitative estimate of drug-likeness (QED) is 0.529. The van der Waals surface area contributed by atoms with Crippen LogP contribution in [0.5, 0.6) is 0 Å². The van der Waals surface area contributed by atoms with Gasteiger partial charge in [-0.2, -0.15) is 0 Å². The number of amides is 4. The van der Waals surface area contributed by atoms with E-state index in [1.54, 1.807) is 0 Å². The fourth-order valence-corrected chi connectivity index (χ4v) is 1.87. The van der Waals surface area contributed by atoms with Gasteiger partial charge in [0.25, 0.3) is 0 Å². The summed E-state index contributed by atoms with van der Waals surface area (Å²) in [7, 11) is 0. The van der Waals surface area contributed by atoms with Gasteiger partial charge in [0.1, 0.15) is 0 Å². The van der Waals surface area contributed by atoms with Gasteiger partial charge in [0, 0.05) is 25.7 Å². The van der Waals surface area contributed by atoms with E-state index in [9.17, 15) is 28.8 Å². The predicted octanol–water partition coefficient (Wildman–Crippen LogP) is -0.0710. The molecule has 26 heavy (non-hydrogen) atoms. The Labute approximate surface area is 147 Å². The van der Waals surface area contributed by atoms with Crippen LogP contribution in [0.25, 0.3) is 0 Å². The minimum absolute atomic E-state index is 0.148. The van der Waals surface area contributed by atoms with Gasteiger partial charge in [-0.25, -0.2) is 9.59 Å². The molecule has 2 heterocycles. The fraction of sp³-hybridized carbons (Fsp3) is 0.250. The number of imide groups is 2. The van der Waals surface area contributed by atoms with E-state index in [2.05, 4.69) is 10.6 Å². The zero-order chi connectivity index (χ0) is 19.7. The zero-order valence-electron chi connectivity index (χ0n) is 13.5. The predicted molar refractivity (Wildman–Crippen MR) is 85.1 cm³/mol. The molecule has 0 saturated carbocycles. The molecule has 2 fully saturated rings. The Balaban J connectivity index is 0.000000207. The van der Waals surface area contributed by atoms with E-state index in [0.717, 1.165) is 0 Å². The summed E-state index contributed by atoms with van der Waals surface area (Å²) in [6.07, 6.45) is 1.50. The average Bonchev–Trinajstić information content (AvgIpc) is 3.15. The Kier molecular flexibility index (Phi) is 7.62. The Hall–Kier alpha value is -3.56. The van der Waals surface area contributed by atoms with Gasteiger partial charge in [0.2, 0.25) is 23.6 Å². The highest BCUT2D eigenvalue weighted by atomic mass is 16.4. The van der Waals surface area contributed by atoms with Crippen LogP contribution in [0.2, 0.25) is 0 Å². The minimum atomic E-state index is -1.23. The van der Waals surface area contributed by atoms with Crippen molar-refractivity contribution >= 4 is 35.6 Å². The molecule has 0 aliphatic carbocycles. The summed E-state index contributed by atoms with van der Waals surface area (Å²) in [4.78, 5) is 61.4. The van der Waals surface area contributed by atoms with Crippen molar-refractivity contribution in [3.63, 3.8) is 0 Å². The van der Waals surface area contributed by atoms with Crippen LogP contribution in [-0.2, 0) is 19.2 Å². The fourth-order valence-electron chi connectivity index (χ4n) is 1.87. The molecule has 0 bridgehead atoms. The van der Waals surface area contributed by atoms with Crippen LogP contribution in [0.15, 0.2) is 24.3 Å². The van der Waals surface area contributed by atoms with Crippen molar-refractivity contribution in [2.24, 2.45) is 0 Å². The molecule has 2 aliphatic heterocycles. The number of carboxylic acid groups (broad SMARTS) is 2. The van der Waals surface area contributed by atoms with Gasteiger partial charge in [-0.15, -0.1) is 0 Å². The van der Waals surface area contributed by atoms with E-state index < -0.39 is 11.9 Å². The van der Waals surface area contributed by atoms with Crippen molar-refractivity contribution in [1.29, 1.82) is 0 Å². The summed E-state index contributed by atoms with van der Waals surface area (Å²) in [5.74, 6) is -3.05. The van der Waals surface area contributed by atoms with E-state index in [-0.39, 0.29) is 34.8 Å². The van der Waals surface area contributed by atoms with E-state index in [1.807, 2.05) is 0 Å². The Bertz CT molecular complexity index is 665. The van der Waals surface area contributed by atoms with E-state index >= 15 is 0 Å². The molecule has 138 valence electrons. The first-order valence-corrected chi connectivity index (χ1v) is 7.41. The van der Waals surface area contributed by atoms with Gasteiger partial charge < -0.3 is 10.2 Å². The number of nitrogens with one attached hydrogen (secondary N) is 2. The molecule has 4 amide bonds. The SMILES string of the molecule is O=C(O)c1ccccc1C(=O)O.O=C1CCC(=O)N1.O=C1CCC(=O)N1. The molecule has 0 aromatic heterocycles. The highest BCUT2D eigenvalue weighted by Crippen LogP contribution is 2.07. The molecule has 0 atom stereocenters. The first-order valence-electron chi connectivity index (χ1n) is 7.41. The first-order chi connectivity index (χ1) is 12.2. The van der Waals surface area contributed by atoms with Crippen LogP contribution in [-0.4, -0.2) is 45.8 Å². The number of carboxylic acids is 2. The van der Waals surface area contributed by atoms with E-state index in [4.69, 9.17) is 10.2 Å². The van der Waals surface area contributed by atoms with Crippen molar-refractivity contribution in [1.82, 2.24) is 10.6 Å². The third kappa shape index (κ3) is 6.91. The Morgan fingerprint density at radius 1 is 0.654 bits per heavy atom. The Morgan fingerprint density at radius 3 is 1.08 bits per heavy atom. The summed E-state index contributed by atoms with van der Waals surface area (Å²) in [5.41, 5.74) is -0.380. The van der Waals surface area contributed by atoms with Crippen LogP contribution in [0.4, 0.5) is 0 Å². The molecule has 4 N–H and O–H groups in total. The molecule has 10 heteroatoms. The number of hydrogen-bond donors (Lipinski definition) is 4. The van der Waals surface area contributed by atoms with E-state index in [0.29, 0.717) is 25.7 Å². The number of carbonyl (C=O) groups is 6. The minimum Gasteiger partial charge on any atom is -0.478 e. The summed E-state index contributed by atoms with van der Waals surface area (Å²) < 4.78 is 0. The van der Waals surface area contributed by atoms with Crippen LogP contribution in [0, 0.1) is 0 Å². The van der Waals surface area contributed by atoms with Gasteiger partial charge in [-0.3, -0.25) is 29.8 Å². The lowest BCUT2D eigenvalue weighted by Gasteiger charge is -1.98. The smallest absolute Gasteiger partial charge is 0.336 e.